The molecule has 20 heavy (non-hydrogen) atoms. The Hall–Kier alpha value is -0.860. The number of nitrogens with zero attached hydrogens (tertiary/aromatic N) is 3. The van der Waals surface area contributed by atoms with E-state index in [1.54, 1.807) is 4.31 Å². The third-order valence-corrected chi connectivity index (χ3v) is 6.16. The van der Waals surface area contributed by atoms with Gasteiger partial charge in [0.05, 0.1) is 0 Å². The molecule has 0 aromatic carbocycles. The maximum Gasteiger partial charge on any atom is 0.282 e. The molecule has 2 aliphatic rings. The highest BCUT2D eigenvalue weighted by Gasteiger charge is 2.36. The fourth-order valence-electron chi connectivity index (χ4n) is 2.99. The van der Waals surface area contributed by atoms with Crippen LogP contribution >= 0.6 is 0 Å². The number of rotatable bonds is 3. The van der Waals surface area contributed by atoms with Crippen LogP contribution < -0.4 is 5.73 Å². The Bertz CT molecular complexity index is 465. The lowest BCUT2D eigenvalue weighted by Crippen LogP contribution is -2.52. The first-order valence-corrected chi connectivity index (χ1v) is 8.57. The summed E-state index contributed by atoms with van der Waals surface area (Å²) in [5.41, 5.74) is 5.62. The molecule has 0 amide bonds. The van der Waals surface area contributed by atoms with E-state index >= 15 is 0 Å². The molecule has 0 saturated carbocycles. The molecule has 2 unspecified atom stereocenters. The second kappa shape index (κ2) is 6.28. The number of hydrogen-bond acceptors (Lipinski definition) is 4. The molecule has 2 fully saturated rings. The molecule has 2 saturated heterocycles. The molecule has 2 rings (SSSR count). The molecule has 2 atom stereocenters. The van der Waals surface area contributed by atoms with E-state index in [1.807, 2.05) is 0 Å². The molecule has 2 heterocycles. The standard InChI is InChI=1S/C12H24N4O3S/c1-10-4-2-6-15(8-10)20(18,19)16-7-3-5-11(9-16)12(13)14-17/h10-11,17H,2-9H2,1H3,(H2,13,14). The summed E-state index contributed by atoms with van der Waals surface area (Å²) in [7, 11) is -3.42. The van der Waals surface area contributed by atoms with Gasteiger partial charge in [0, 0.05) is 32.1 Å². The lowest BCUT2D eigenvalue weighted by Gasteiger charge is -2.37. The van der Waals surface area contributed by atoms with Crippen molar-refractivity contribution in [3.05, 3.63) is 0 Å². The first kappa shape index (κ1) is 15.5. The van der Waals surface area contributed by atoms with Gasteiger partial charge in [0.2, 0.25) is 0 Å². The number of piperidine rings is 2. The minimum atomic E-state index is -3.42. The first-order chi connectivity index (χ1) is 9.45. The summed E-state index contributed by atoms with van der Waals surface area (Å²) in [5.74, 6) is 0.339. The maximum absolute atomic E-state index is 12.7. The zero-order valence-corrected chi connectivity index (χ0v) is 12.7. The lowest BCUT2D eigenvalue weighted by atomic mass is 9.99. The number of oxime groups is 1. The molecule has 0 aliphatic carbocycles. The smallest absolute Gasteiger partial charge is 0.282 e. The number of amidine groups is 1. The highest BCUT2D eigenvalue weighted by molar-refractivity contribution is 7.86. The van der Waals surface area contributed by atoms with Crippen LogP contribution in [0.15, 0.2) is 5.16 Å². The minimum Gasteiger partial charge on any atom is -0.409 e. The van der Waals surface area contributed by atoms with E-state index in [4.69, 9.17) is 10.9 Å². The van der Waals surface area contributed by atoms with Crippen molar-refractivity contribution in [1.82, 2.24) is 8.61 Å². The molecule has 116 valence electrons. The average Bonchev–Trinajstić information content (AvgIpc) is 2.46. The van der Waals surface area contributed by atoms with Gasteiger partial charge < -0.3 is 10.9 Å². The van der Waals surface area contributed by atoms with Crippen LogP contribution in [0.1, 0.15) is 32.6 Å². The van der Waals surface area contributed by atoms with Crippen LogP contribution in [0.3, 0.4) is 0 Å². The van der Waals surface area contributed by atoms with Gasteiger partial charge in [-0.15, -0.1) is 0 Å². The summed E-state index contributed by atoms with van der Waals surface area (Å²) in [6.45, 7) is 4.09. The van der Waals surface area contributed by atoms with Crippen molar-refractivity contribution in [1.29, 1.82) is 0 Å². The number of hydrogen-bond donors (Lipinski definition) is 2. The van der Waals surface area contributed by atoms with Crippen molar-refractivity contribution >= 4 is 16.0 Å². The van der Waals surface area contributed by atoms with E-state index in [-0.39, 0.29) is 11.8 Å². The van der Waals surface area contributed by atoms with Crippen molar-refractivity contribution in [3.8, 4) is 0 Å². The van der Waals surface area contributed by atoms with Crippen molar-refractivity contribution in [2.45, 2.75) is 32.6 Å². The van der Waals surface area contributed by atoms with E-state index in [2.05, 4.69) is 12.1 Å². The van der Waals surface area contributed by atoms with Gasteiger partial charge in [0.25, 0.3) is 10.2 Å². The van der Waals surface area contributed by atoms with E-state index < -0.39 is 10.2 Å². The quantitative estimate of drug-likeness (QED) is 0.342. The van der Waals surface area contributed by atoms with Gasteiger partial charge in [-0.3, -0.25) is 0 Å². The zero-order chi connectivity index (χ0) is 14.8. The molecule has 2 aliphatic heterocycles. The lowest BCUT2D eigenvalue weighted by molar-refractivity contribution is 0.236. The summed E-state index contributed by atoms with van der Waals surface area (Å²) in [6, 6.07) is 0. The van der Waals surface area contributed by atoms with Crippen LogP contribution in [0.5, 0.6) is 0 Å². The SMILES string of the molecule is CC1CCCN(S(=O)(=O)N2CCCC(C(N)=NO)C2)C1. The van der Waals surface area contributed by atoms with E-state index in [1.165, 1.54) is 4.31 Å². The molecular weight excluding hydrogens is 280 g/mol. The second-order valence-corrected chi connectivity index (χ2v) is 7.76. The Kier molecular flexibility index (Phi) is 4.87. The molecule has 0 aromatic heterocycles. The normalized spacial score (nSPS) is 31.4. The summed E-state index contributed by atoms with van der Waals surface area (Å²) in [4.78, 5) is 0. The van der Waals surface area contributed by atoms with Gasteiger partial charge in [-0.05, 0) is 31.6 Å². The van der Waals surface area contributed by atoms with Gasteiger partial charge in [-0.1, -0.05) is 12.1 Å². The Morgan fingerprint density at radius 3 is 2.40 bits per heavy atom. The summed E-state index contributed by atoms with van der Waals surface area (Å²) >= 11 is 0. The Balaban J connectivity index is 2.08. The Morgan fingerprint density at radius 1 is 1.20 bits per heavy atom. The highest BCUT2D eigenvalue weighted by atomic mass is 32.2. The third-order valence-electron chi connectivity index (χ3n) is 4.19. The van der Waals surface area contributed by atoms with Gasteiger partial charge in [0.15, 0.2) is 0 Å². The van der Waals surface area contributed by atoms with Crippen LogP contribution in [0.4, 0.5) is 0 Å². The first-order valence-electron chi connectivity index (χ1n) is 7.17. The van der Waals surface area contributed by atoms with Gasteiger partial charge in [-0.2, -0.15) is 17.0 Å². The van der Waals surface area contributed by atoms with Gasteiger partial charge >= 0.3 is 0 Å². The van der Waals surface area contributed by atoms with E-state index in [9.17, 15) is 8.42 Å². The highest BCUT2D eigenvalue weighted by Crippen LogP contribution is 2.25. The molecular formula is C12H24N4O3S. The van der Waals surface area contributed by atoms with Crippen LogP contribution in [0.2, 0.25) is 0 Å². The van der Waals surface area contributed by atoms with E-state index in [0.717, 1.165) is 25.7 Å². The molecule has 8 heteroatoms. The Morgan fingerprint density at radius 2 is 1.80 bits per heavy atom. The van der Waals surface area contributed by atoms with Crippen LogP contribution in [0.25, 0.3) is 0 Å². The van der Waals surface area contributed by atoms with Crippen molar-refractivity contribution in [2.75, 3.05) is 26.2 Å². The largest absolute Gasteiger partial charge is 0.409 e. The molecule has 0 aromatic rings. The van der Waals surface area contributed by atoms with Crippen molar-refractivity contribution < 1.29 is 13.6 Å². The van der Waals surface area contributed by atoms with Gasteiger partial charge in [0.1, 0.15) is 5.84 Å². The third kappa shape index (κ3) is 3.24. The Labute approximate surface area is 120 Å². The average molecular weight is 304 g/mol. The van der Waals surface area contributed by atoms with E-state index in [0.29, 0.717) is 32.1 Å². The van der Waals surface area contributed by atoms with Gasteiger partial charge in [-0.25, -0.2) is 0 Å². The van der Waals surface area contributed by atoms with Crippen molar-refractivity contribution in [2.24, 2.45) is 22.7 Å². The fourth-order valence-corrected chi connectivity index (χ4v) is 4.85. The summed E-state index contributed by atoms with van der Waals surface area (Å²) in [5, 5.41) is 11.8. The van der Waals surface area contributed by atoms with Crippen LogP contribution in [0, 0.1) is 11.8 Å². The monoisotopic (exact) mass is 304 g/mol. The predicted molar refractivity (Wildman–Crippen MR) is 76.6 cm³/mol. The minimum absolute atomic E-state index is 0.122. The molecule has 0 radical (unpaired) electrons. The molecule has 3 N–H and O–H groups in total. The fraction of sp³-hybridized carbons (Fsp3) is 0.917. The second-order valence-electron chi connectivity index (χ2n) is 5.84. The topological polar surface area (TPSA) is 99.2 Å². The van der Waals surface area contributed by atoms with Crippen LogP contribution in [-0.4, -0.2) is 54.3 Å². The molecule has 0 bridgehead atoms. The maximum atomic E-state index is 12.7. The predicted octanol–water partition coefficient (Wildman–Crippen LogP) is 0.422. The summed E-state index contributed by atoms with van der Waals surface area (Å²) < 4.78 is 28.4. The van der Waals surface area contributed by atoms with Crippen molar-refractivity contribution in [3.63, 3.8) is 0 Å². The van der Waals surface area contributed by atoms with Crippen LogP contribution in [-0.2, 0) is 10.2 Å². The molecule has 7 nitrogen and oxygen atoms in total. The molecule has 0 spiro atoms. The zero-order valence-electron chi connectivity index (χ0n) is 11.9. The number of nitrogens with two attached hydrogens (primary N) is 1. The summed E-state index contributed by atoms with van der Waals surface area (Å²) in [6.07, 6.45) is 3.50.